The van der Waals surface area contributed by atoms with Crippen LogP contribution >= 0.6 is 15.9 Å². The Bertz CT molecular complexity index is 427. The fourth-order valence-electron chi connectivity index (χ4n) is 1.14. The molecule has 0 saturated carbocycles. The van der Waals surface area contributed by atoms with Crippen molar-refractivity contribution in [2.75, 3.05) is 18.4 Å². The number of nitrogens with one attached hydrogen (secondary N) is 2. The largest absolute Gasteiger partial charge is 0.382 e. The predicted molar refractivity (Wildman–Crippen MR) is 64.9 cm³/mol. The van der Waals surface area contributed by atoms with Crippen molar-refractivity contribution in [1.82, 2.24) is 5.32 Å². The van der Waals surface area contributed by atoms with Crippen molar-refractivity contribution >= 4 is 27.6 Å². The van der Waals surface area contributed by atoms with Crippen LogP contribution in [0.1, 0.15) is 5.56 Å². The third-order valence-electron chi connectivity index (χ3n) is 1.84. The summed E-state index contributed by atoms with van der Waals surface area (Å²) in [6, 6.07) is 6.84. The molecule has 0 unspecified atom stereocenters. The predicted octanol–water partition coefficient (Wildman–Crippen LogP) is 1.40. The van der Waals surface area contributed by atoms with Crippen LogP contribution in [0.4, 0.5) is 10.5 Å². The molecule has 0 saturated heterocycles. The number of hydrogen-bond acceptors (Lipinski definition) is 3. The van der Waals surface area contributed by atoms with Crippen molar-refractivity contribution in [3.63, 3.8) is 0 Å². The molecule has 6 heteroatoms. The van der Waals surface area contributed by atoms with E-state index in [0.717, 1.165) is 10.2 Å². The third-order valence-corrected chi connectivity index (χ3v) is 2.33. The van der Waals surface area contributed by atoms with E-state index in [2.05, 4.69) is 32.6 Å². The maximum atomic E-state index is 10.4. The lowest BCUT2D eigenvalue weighted by molar-refractivity contribution is 0.249. The van der Waals surface area contributed by atoms with Gasteiger partial charge in [0.15, 0.2) is 0 Å². The minimum Gasteiger partial charge on any atom is -0.382 e. The molecule has 1 aromatic rings. The molecule has 4 N–H and O–H groups in total. The first-order valence-electron chi connectivity index (χ1n) is 4.60. The highest BCUT2D eigenvalue weighted by molar-refractivity contribution is 9.10. The Balaban J connectivity index is 2.56. The first-order chi connectivity index (χ1) is 7.63. The molecule has 0 bridgehead atoms. The summed E-state index contributed by atoms with van der Waals surface area (Å²) in [4.78, 5) is 10.4. The van der Waals surface area contributed by atoms with E-state index < -0.39 is 6.03 Å². The summed E-state index contributed by atoms with van der Waals surface area (Å²) in [6.07, 6.45) is 0. The first kappa shape index (κ1) is 12.3. The number of nitriles is 1. The normalized spacial score (nSPS) is 9.25. The van der Waals surface area contributed by atoms with E-state index in [1.807, 2.05) is 6.07 Å². The van der Waals surface area contributed by atoms with Crippen LogP contribution in [0.15, 0.2) is 22.7 Å². The molecule has 0 aromatic heterocycles. The van der Waals surface area contributed by atoms with Crippen molar-refractivity contribution < 1.29 is 4.79 Å². The van der Waals surface area contributed by atoms with Crippen LogP contribution in [-0.2, 0) is 0 Å². The van der Waals surface area contributed by atoms with Gasteiger partial charge in [-0.1, -0.05) is 15.9 Å². The number of nitrogens with zero attached hydrogens (tertiary/aromatic N) is 1. The lowest BCUT2D eigenvalue weighted by Crippen LogP contribution is -2.33. The number of primary amides is 1. The standard InChI is InChI=1S/C10H11BrN4O/c11-8-2-1-7(6-12)9(5-8)14-3-4-15-10(13)16/h1-2,5,14H,3-4H2,(H3,13,15,16). The Morgan fingerprint density at radius 3 is 2.88 bits per heavy atom. The van der Waals surface area contributed by atoms with Gasteiger partial charge in [0.2, 0.25) is 0 Å². The smallest absolute Gasteiger partial charge is 0.312 e. The highest BCUT2D eigenvalue weighted by atomic mass is 79.9. The number of amides is 2. The van der Waals surface area contributed by atoms with Gasteiger partial charge in [-0.3, -0.25) is 0 Å². The lowest BCUT2D eigenvalue weighted by atomic mass is 10.2. The topological polar surface area (TPSA) is 90.9 Å². The Morgan fingerprint density at radius 2 is 2.25 bits per heavy atom. The van der Waals surface area contributed by atoms with Crippen molar-refractivity contribution in [1.29, 1.82) is 5.26 Å². The van der Waals surface area contributed by atoms with Gasteiger partial charge in [0.05, 0.1) is 11.3 Å². The number of halogens is 1. The zero-order valence-corrected chi connectivity index (χ0v) is 10.0. The van der Waals surface area contributed by atoms with Crippen molar-refractivity contribution in [2.24, 2.45) is 5.73 Å². The third kappa shape index (κ3) is 3.79. The number of nitrogens with two attached hydrogens (primary N) is 1. The van der Waals surface area contributed by atoms with Gasteiger partial charge in [-0.05, 0) is 18.2 Å². The van der Waals surface area contributed by atoms with Crippen LogP contribution in [0, 0.1) is 11.3 Å². The number of rotatable bonds is 4. The molecule has 84 valence electrons. The molecule has 2 amide bonds. The van der Waals surface area contributed by atoms with Crippen LogP contribution in [0.5, 0.6) is 0 Å². The molecule has 0 aliphatic rings. The monoisotopic (exact) mass is 282 g/mol. The molecule has 0 aliphatic heterocycles. The second-order valence-corrected chi connectivity index (χ2v) is 3.94. The van der Waals surface area contributed by atoms with Gasteiger partial charge in [0.1, 0.15) is 6.07 Å². The van der Waals surface area contributed by atoms with E-state index in [-0.39, 0.29) is 0 Å². The highest BCUT2D eigenvalue weighted by Gasteiger charge is 2.01. The number of carbonyl (C=O) groups is 1. The minimum atomic E-state index is -0.559. The van der Waals surface area contributed by atoms with Crippen LogP contribution in [0.25, 0.3) is 0 Å². The molecule has 0 spiro atoms. The van der Waals surface area contributed by atoms with Gasteiger partial charge in [-0.2, -0.15) is 5.26 Å². The van der Waals surface area contributed by atoms with Gasteiger partial charge in [-0.25, -0.2) is 4.79 Å². The summed E-state index contributed by atoms with van der Waals surface area (Å²) in [6.45, 7) is 0.917. The second-order valence-electron chi connectivity index (χ2n) is 3.02. The maximum absolute atomic E-state index is 10.4. The molecule has 0 heterocycles. The second kappa shape index (κ2) is 5.98. The SMILES string of the molecule is N#Cc1ccc(Br)cc1NCCNC(N)=O. The molecule has 16 heavy (non-hydrogen) atoms. The van der Waals surface area contributed by atoms with E-state index in [9.17, 15) is 4.79 Å². The van der Waals surface area contributed by atoms with Crippen molar-refractivity contribution in [3.05, 3.63) is 28.2 Å². The van der Waals surface area contributed by atoms with E-state index >= 15 is 0 Å². The summed E-state index contributed by atoms with van der Waals surface area (Å²) >= 11 is 3.32. The Morgan fingerprint density at radius 1 is 1.50 bits per heavy atom. The average molecular weight is 283 g/mol. The zero-order valence-electron chi connectivity index (χ0n) is 8.46. The Kier molecular flexibility index (Phi) is 4.61. The van der Waals surface area contributed by atoms with E-state index in [1.54, 1.807) is 12.1 Å². The van der Waals surface area contributed by atoms with Gasteiger partial charge in [-0.15, -0.1) is 0 Å². The number of benzene rings is 1. The fraction of sp³-hybridized carbons (Fsp3) is 0.200. The molecule has 1 rings (SSSR count). The summed E-state index contributed by atoms with van der Waals surface area (Å²) in [5.74, 6) is 0. The van der Waals surface area contributed by atoms with Gasteiger partial charge in [0.25, 0.3) is 0 Å². The minimum absolute atomic E-state index is 0.409. The Labute approximate surface area is 102 Å². The number of anilines is 1. The molecule has 0 atom stereocenters. The summed E-state index contributed by atoms with van der Waals surface area (Å²) in [5.41, 5.74) is 6.20. The van der Waals surface area contributed by atoms with Gasteiger partial charge in [0, 0.05) is 17.6 Å². The highest BCUT2D eigenvalue weighted by Crippen LogP contribution is 2.20. The summed E-state index contributed by atoms with van der Waals surface area (Å²) in [5, 5.41) is 14.3. The van der Waals surface area contributed by atoms with Gasteiger partial charge >= 0.3 is 6.03 Å². The average Bonchev–Trinajstić information content (AvgIpc) is 2.24. The van der Waals surface area contributed by atoms with Crippen LogP contribution in [0.3, 0.4) is 0 Å². The van der Waals surface area contributed by atoms with E-state index in [4.69, 9.17) is 11.0 Å². The molecular weight excluding hydrogens is 272 g/mol. The van der Waals surface area contributed by atoms with E-state index in [1.165, 1.54) is 0 Å². The summed E-state index contributed by atoms with van der Waals surface area (Å²) < 4.78 is 0.886. The molecule has 1 aromatic carbocycles. The van der Waals surface area contributed by atoms with Crippen LogP contribution in [-0.4, -0.2) is 19.1 Å². The molecule has 0 radical (unpaired) electrons. The maximum Gasteiger partial charge on any atom is 0.312 e. The van der Waals surface area contributed by atoms with Crippen LogP contribution in [0.2, 0.25) is 0 Å². The fourth-order valence-corrected chi connectivity index (χ4v) is 1.50. The molecule has 0 fully saturated rings. The molecular formula is C10H11BrN4O. The quantitative estimate of drug-likeness (QED) is 0.729. The summed E-state index contributed by atoms with van der Waals surface area (Å²) in [7, 11) is 0. The lowest BCUT2D eigenvalue weighted by Gasteiger charge is -2.08. The Hall–Kier alpha value is -1.74. The van der Waals surface area contributed by atoms with Gasteiger partial charge < -0.3 is 16.4 Å². The first-order valence-corrected chi connectivity index (χ1v) is 5.39. The van der Waals surface area contributed by atoms with Crippen LogP contribution < -0.4 is 16.4 Å². The zero-order chi connectivity index (χ0) is 12.0. The number of urea groups is 1. The molecule has 5 nitrogen and oxygen atoms in total. The number of hydrogen-bond donors (Lipinski definition) is 3. The van der Waals surface area contributed by atoms with Crippen molar-refractivity contribution in [3.8, 4) is 6.07 Å². The van der Waals surface area contributed by atoms with Crippen molar-refractivity contribution in [2.45, 2.75) is 0 Å². The molecule has 0 aliphatic carbocycles. The number of carbonyl (C=O) groups excluding carboxylic acids is 1. The van der Waals surface area contributed by atoms with E-state index in [0.29, 0.717) is 18.7 Å².